The van der Waals surface area contributed by atoms with Crippen molar-refractivity contribution >= 4 is 11.6 Å². The number of nitrogens with one attached hydrogen (secondary N) is 1. The Bertz CT molecular complexity index is 334. The molecular weight excluding hydrogens is 210 g/mol. The van der Waals surface area contributed by atoms with Crippen LogP contribution in [-0.4, -0.2) is 19.7 Å². The van der Waals surface area contributed by atoms with Crippen LogP contribution in [0.2, 0.25) is 5.02 Å². The van der Waals surface area contributed by atoms with Gasteiger partial charge in [-0.2, -0.15) is 0 Å². The molecule has 2 rings (SSSR count). The third kappa shape index (κ3) is 2.51. The summed E-state index contributed by atoms with van der Waals surface area (Å²) in [6.07, 6.45) is 1.15. The van der Waals surface area contributed by atoms with Crippen LogP contribution in [0, 0.1) is 0 Å². The molecule has 0 aliphatic carbocycles. The SMILES string of the molecule is CCc1cc(C2CNCCO2)ccc1Cl. The van der Waals surface area contributed by atoms with Gasteiger partial charge in [0.05, 0.1) is 12.7 Å². The molecule has 1 N–H and O–H groups in total. The predicted molar refractivity (Wildman–Crippen MR) is 62.4 cm³/mol. The molecule has 1 aromatic carbocycles. The Kier molecular flexibility index (Phi) is 3.62. The molecule has 1 aliphatic heterocycles. The number of benzene rings is 1. The summed E-state index contributed by atoms with van der Waals surface area (Å²) in [4.78, 5) is 0. The van der Waals surface area contributed by atoms with Gasteiger partial charge in [0, 0.05) is 18.1 Å². The van der Waals surface area contributed by atoms with Crippen molar-refractivity contribution in [3.63, 3.8) is 0 Å². The van der Waals surface area contributed by atoms with Crippen LogP contribution in [0.25, 0.3) is 0 Å². The Balaban J connectivity index is 2.20. The first-order valence-electron chi connectivity index (χ1n) is 5.42. The molecule has 1 unspecified atom stereocenters. The number of hydrogen-bond acceptors (Lipinski definition) is 2. The van der Waals surface area contributed by atoms with Gasteiger partial charge in [-0.25, -0.2) is 0 Å². The Hall–Kier alpha value is -0.570. The molecule has 15 heavy (non-hydrogen) atoms. The van der Waals surface area contributed by atoms with Crippen LogP contribution in [0.4, 0.5) is 0 Å². The molecule has 0 radical (unpaired) electrons. The minimum absolute atomic E-state index is 0.182. The molecule has 0 spiro atoms. The molecule has 1 fully saturated rings. The second-order valence-corrected chi connectivity index (χ2v) is 4.18. The van der Waals surface area contributed by atoms with E-state index in [0.29, 0.717) is 0 Å². The van der Waals surface area contributed by atoms with Crippen LogP contribution >= 0.6 is 11.6 Å². The average Bonchev–Trinajstić information content (AvgIpc) is 2.31. The molecule has 1 heterocycles. The molecule has 1 saturated heterocycles. The van der Waals surface area contributed by atoms with Crippen LogP contribution in [0.1, 0.15) is 24.2 Å². The van der Waals surface area contributed by atoms with Crippen LogP contribution in [0.3, 0.4) is 0 Å². The number of rotatable bonds is 2. The van der Waals surface area contributed by atoms with E-state index in [1.807, 2.05) is 6.07 Å². The van der Waals surface area contributed by atoms with Crippen LogP contribution in [0.15, 0.2) is 18.2 Å². The first-order chi connectivity index (χ1) is 7.31. The van der Waals surface area contributed by atoms with Gasteiger partial charge in [0.1, 0.15) is 0 Å². The highest BCUT2D eigenvalue weighted by Gasteiger charge is 2.16. The molecule has 1 aromatic rings. The molecule has 2 nitrogen and oxygen atoms in total. The van der Waals surface area contributed by atoms with E-state index < -0.39 is 0 Å². The van der Waals surface area contributed by atoms with E-state index in [2.05, 4.69) is 24.4 Å². The van der Waals surface area contributed by atoms with E-state index in [4.69, 9.17) is 16.3 Å². The van der Waals surface area contributed by atoms with Gasteiger partial charge in [0.2, 0.25) is 0 Å². The summed E-state index contributed by atoms with van der Waals surface area (Å²) in [5.41, 5.74) is 2.42. The fourth-order valence-electron chi connectivity index (χ4n) is 1.85. The maximum atomic E-state index is 6.08. The van der Waals surface area contributed by atoms with Crippen molar-refractivity contribution in [3.8, 4) is 0 Å². The van der Waals surface area contributed by atoms with Crippen molar-refractivity contribution in [2.75, 3.05) is 19.7 Å². The molecule has 3 heteroatoms. The number of ether oxygens (including phenoxy) is 1. The Morgan fingerprint density at radius 1 is 1.53 bits per heavy atom. The standard InChI is InChI=1S/C12H16ClNO/c1-2-9-7-10(3-4-11(9)13)12-8-14-5-6-15-12/h3-4,7,12,14H,2,5-6,8H2,1H3. The summed E-state index contributed by atoms with van der Waals surface area (Å²) in [5, 5.41) is 4.18. The zero-order valence-electron chi connectivity index (χ0n) is 8.92. The van der Waals surface area contributed by atoms with Crippen LogP contribution in [-0.2, 0) is 11.2 Å². The van der Waals surface area contributed by atoms with Crippen LogP contribution < -0.4 is 5.32 Å². The normalized spacial score (nSPS) is 21.6. The lowest BCUT2D eigenvalue weighted by atomic mass is 10.0. The number of morpholine rings is 1. The minimum atomic E-state index is 0.182. The van der Waals surface area contributed by atoms with Gasteiger partial charge in [-0.15, -0.1) is 0 Å². The first-order valence-corrected chi connectivity index (χ1v) is 5.79. The van der Waals surface area contributed by atoms with Crippen molar-refractivity contribution in [3.05, 3.63) is 34.3 Å². The zero-order valence-corrected chi connectivity index (χ0v) is 9.68. The van der Waals surface area contributed by atoms with Crippen molar-refractivity contribution in [2.24, 2.45) is 0 Å². The summed E-state index contributed by atoms with van der Waals surface area (Å²) in [5.74, 6) is 0. The maximum Gasteiger partial charge on any atom is 0.0949 e. The van der Waals surface area contributed by atoms with Crippen molar-refractivity contribution < 1.29 is 4.74 Å². The molecule has 0 saturated carbocycles. The third-order valence-corrected chi connectivity index (χ3v) is 3.12. The smallest absolute Gasteiger partial charge is 0.0949 e. The summed E-state index contributed by atoms with van der Waals surface area (Å²) < 4.78 is 5.70. The second-order valence-electron chi connectivity index (χ2n) is 3.77. The second kappa shape index (κ2) is 4.97. The van der Waals surface area contributed by atoms with Crippen molar-refractivity contribution in [2.45, 2.75) is 19.4 Å². The van der Waals surface area contributed by atoms with E-state index in [1.54, 1.807) is 0 Å². The lowest BCUT2D eigenvalue weighted by molar-refractivity contribution is 0.0276. The van der Waals surface area contributed by atoms with E-state index in [9.17, 15) is 0 Å². The molecular formula is C12H16ClNO. The van der Waals surface area contributed by atoms with Gasteiger partial charge in [-0.05, 0) is 23.6 Å². The van der Waals surface area contributed by atoms with E-state index in [-0.39, 0.29) is 6.10 Å². The molecule has 0 amide bonds. The summed E-state index contributed by atoms with van der Waals surface area (Å²) in [6, 6.07) is 6.17. The predicted octanol–water partition coefficient (Wildman–Crippen LogP) is 2.56. The van der Waals surface area contributed by atoms with Gasteiger partial charge in [0.15, 0.2) is 0 Å². The average molecular weight is 226 g/mol. The van der Waals surface area contributed by atoms with E-state index >= 15 is 0 Å². The van der Waals surface area contributed by atoms with Gasteiger partial charge in [-0.1, -0.05) is 30.7 Å². The lowest BCUT2D eigenvalue weighted by Crippen LogP contribution is -2.33. The quantitative estimate of drug-likeness (QED) is 0.836. The Morgan fingerprint density at radius 2 is 2.40 bits per heavy atom. The highest BCUT2D eigenvalue weighted by Crippen LogP contribution is 2.24. The fourth-order valence-corrected chi connectivity index (χ4v) is 2.10. The van der Waals surface area contributed by atoms with Crippen LogP contribution in [0.5, 0.6) is 0 Å². The van der Waals surface area contributed by atoms with Gasteiger partial charge < -0.3 is 10.1 Å². The molecule has 82 valence electrons. The number of aryl methyl sites for hydroxylation is 1. The largest absolute Gasteiger partial charge is 0.371 e. The maximum absolute atomic E-state index is 6.08. The third-order valence-electron chi connectivity index (χ3n) is 2.75. The van der Waals surface area contributed by atoms with E-state index in [1.165, 1.54) is 11.1 Å². The molecule has 1 atom stereocenters. The van der Waals surface area contributed by atoms with Gasteiger partial charge in [0.25, 0.3) is 0 Å². The first kappa shape index (κ1) is 10.9. The van der Waals surface area contributed by atoms with Gasteiger partial charge in [-0.3, -0.25) is 0 Å². The number of halogens is 1. The fraction of sp³-hybridized carbons (Fsp3) is 0.500. The molecule has 1 aliphatic rings. The Labute approximate surface area is 95.6 Å². The summed E-state index contributed by atoms with van der Waals surface area (Å²) in [7, 11) is 0. The zero-order chi connectivity index (χ0) is 10.7. The van der Waals surface area contributed by atoms with Crippen molar-refractivity contribution in [1.29, 1.82) is 0 Å². The van der Waals surface area contributed by atoms with E-state index in [0.717, 1.165) is 31.1 Å². The molecule has 0 aromatic heterocycles. The number of hydrogen-bond donors (Lipinski definition) is 1. The molecule has 0 bridgehead atoms. The highest BCUT2D eigenvalue weighted by atomic mass is 35.5. The highest BCUT2D eigenvalue weighted by molar-refractivity contribution is 6.31. The van der Waals surface area contributed by atoms with Gasteiger partial charge >= 0.3 is 0 Å². The monoisotopic (exact) mass is 225 g/mol. The summed E-state index contributed by atoms with van der Waals surface area (Å²) in [6.45, 7) is 4.75. The summed E-state index contributed by atoms with van der Waals surface area (Å²) >= 11 is 6.08. The minimum Gasteiger partial charge on any atom is -0.371 e. The van der Waals surface area contributed by atoms with Crippen molar-refractivity contribution in [1.82, 2.24) is 5.32 Å². The lowest BCUT2D eigenvalue weighted by Gasteiger charge is -2.24. The topological polar surface area (TPSA) is 21.3 Å². The Morgan fingerprint density at radius 3 is 3.07 bits per heavy atom.